The summed E-state index contributed by atoms with van der Waals surface area (Å²) in [5.74, 6) is 0. The van der Waals surface area contributed by atoms with Gasteiger partial charge in [0.05, 0.1) is 38.6 Å². The third-order valence-electron chi connectivity index (χ3n) is 5.39. The second-order valence-corrected chi connectivity index (χ2v) is 9.06. The number of aliphatic hydroxyl groups is 2. The van der Waals surface area contributed by atoms with Gasteiger partial charge < -0.3 is 19.7 Å². The van der Waals surface area contributed by atoms with E-state index in [0.717, 1.165) is 37.3 Å². The summed E-state index contributed by atoms with van der Waals surface area (Å²) in [6, 6.07) is 15.0. The van der Waals surface area contributed by atoms with Crippen LogP contribution in [0.1, 0.15) is 11.1 Å². The van der Waals surface area contributed by atoms with Gasteiger partial charge in [0, 0.05) is 49.3 Å². The van der Waals surface area contributed by atoms with E-state index < -0.39 is 12.2 Å². The highest BCUT2D eigenvalue weighted by Crippen LogP contribution is 2.12. The van der Waals surface area contributed by atoms with Crippen LogP contribution in [0.25, 0.3) is 0 Å². The fourth-order valence-electron chi connectivity index (χ4n) is 3.64. The third kappa shape index (κ3) is 9.33. The maximum atomic E-state index is 10.3. The average molecular weight is 483 g/mol. The van der Waals surface area contributed by atoms with Crippen LogP contribution in [0.2, 0.25) is 10.0 Å². The third-order valence-corrected chi connectivity index (χ3v) is 5.89. The number of hydrogen-bond acceptors (Lipinski definition) is 6. The number of piperazine rings is 1. The zero-order chi connectivity index (χ0) is 22.8. The highest BCUT2D eigenvalue weighted by Gasteiger charge is 2.21. The Bertz CT molecular complexity index is 716. The number of rotatable bonds is 12. The van der Waals surface area contributed by atoms with E-state index in [-0.39, 0.29) is 0 Å². The first-order chi connectivity index (χ1) is 15.5. The molecule has 0 unspecified atom stereocenters. The van der Waals surface area contributed by atoms with Gasteiger partial charge in [0.25, 0.3) is 0 Å². The van der Waals surface area contributed by atoms with Crippen LogP contribution >= 0.6 is 23.2 Å². The molecule has 0 spiro atoms. The van der Waals surface area contributed by atoms with Crippen LogP contribution in [0.4, 0.5) is 0 Å². The Balaban J connectivity index is 1.24. The van der Waals surface area contributed by atoms with E-state index in [1.54, 1.807) is 0 Å². The Kier molecular flexibility index (Phi) is 10.7. The molecule has 8 heteroatoms. The first-order valence-electron chi connectivity index (χ1n) is 10.9. The van der Waals surface area contributed by atoms with Crippen molar-refractivity contribution in [1.29, 1.82) is 0 Å². The van der Waals surface area contributed by atoms with Gasteiger partial charge in [0.1, 0.15) is 0 Å². The molecule has 1 fully saturated rings. The van der Waals surface area contributed by atoms with Crippen molar-refractivity contribution in [3.05, 3.63) is 69.7 Å². The number of hydrogen-bond donors (Lipinski definition) is 2. The minimum absolute atomic E-state index is 0.298. The molecule has 1 heterocycles. The standard InChI is InChI=1S/C24H32Cl2N2O4/c25-21-5-1-19(2-6-21)15-31-17-23(29)13-27-9-11-28(12-10-27)14-24(30)18-32-16-20-3-7-22(26)8-4-20/h1-8,23-24,29-30H,9-18H2/t23-,24+. The summed E-state index contributed by atoms with van der Waals surface area (Å²) in [4.78, 5) is 4.46. The molecule has 1 aliphatic rings. The number of β-amino-alcohol motifs (C(OH)–C–C–N with tert-alkyl or cyclic N) is 2. The van der Waals surface area contributed by atoms with Gasteiger partial charge >= 0.3 is 0 Å². The number of halogens is 2. The van der Waals surface area contributed by atoms with Gasteiger partial charge in [-0.1, -0.05) is 47.5 Å². The van der Waals surface area contributed by atoms with Gasteiger partial charge in [-0.3, -0.25) is 9.80 Å². The molecule has 176 valence electrons. The molecule has 0 aromatic heterocycles. The molecule has 0 amide bonds. The highest BCUT2D eigenvalue weighted by molar-refractivity contribution is 6.30. The number of aliphatic hydroxyl groups excluding tert-OH is 2. The van der Waals surface area contributed by atoms with Crippen molar-refractivity contribution in [1.82, 2.24) is 9.80 Å². The molecule has 6 nitrogen and oxygen atoms in total. The zero-order valence-corrected chi connectivity index (χ0v) is 19.7. The summed E-state index contributed by atoms with van der Waals surface area (Å²) in [5, 5.41) is 22.0. The Labute approximate surface area is 200 Å². The smallest absolute Gasteiger partial charge is 0.0900 e. The fourth-order valence-corrected chi connectivity index (χ4v) is 3.89. The van der Waals surface area contributed by atoms with Crippen LogP contribution in [0.3, 0.4) is 0 Å². The van der Waals surface area contributed by atoms with Crippen molar-refractivity contribution in [3.63, 3.8) is 0 Å². The zero-order valence-electron chi connectivity index (χ0n) is 18.2. The molecule has 0 bridgehead atoms. The first kappa shape index (κ1) is 25.4. The molecule has 0 radical (unpaired) electrons. The lowest BCUT2D eigenvalue weighted by Crippen LogP contribution is -2.51. The molecule has 0 aliphatic carbocycles. The Morgan fingerprint density at radius 2 is 1.00 bits per heavy atom. The van der Waals surface area contributed by atoms with Gasteiger partial charge in [-0.05, 0) is 35.4 Å². The largest absolute Gasteiger partial charge is 0.389 e. The predicted octanol–water partition coefficient (Wildman–Crippen LogP) is 3.07. The minimum atomic E-state index is -0.527. The molecule has 0 saturated carbocycles. The van der Waals surface area contributed by atoms with E-state index >= 15 is 0 Å². The summed E-state index contributed by atoms with van der Waals surface area (Å²) in [6.45, 7) is 6.10. The SMILES string of the molecule is O[C@H](COCc1ccc(Cl)cc1)CN1CCN(C[C@@H](O)COCc2ccc(Cl)cc2)CC1. The molecular weight excluding hydrogens is 451 g/mol. The van der Waals surface area contributed by atoms with E-state index in [1.165, 1.54) is 0 Å². The van der Waals surface area contributed by atoms with Crippen LogP contribution in [-0.4, -0.2) is 84.7 Å². The number of nitrogens with zero attached hydrogens (tertiary/aromatic N) is 2. The summed E-state index contributed by atoms with van der Waals surface area (Å²) >= 11 is 11.8. The van der Waals surface area contributed by atoms with Gasteiger partial charge in [-0.2, -0.15) is 0 Å². The molecule has 2 aromatic carbocycles. The van der Waals surface area contributed by atoms with E-state index in [4.69, 9.17) is 32.7 Å². The minimum Gasteiger partial charge on any atom is -0.389 e. The fraction of sp³-hybridized carbons (Fsp3) is 0.500. The summed E-state index contributed by atoms with van der Waals surface area (Å²) < 4.78 is 11.3. The molecule has 1 saturated heterocycles. The quantitative estimate of drug-likeness (QED) is 0.484. The van der Waals surface area contributed by atoms with Crippen LogP contribution in [0.5, 0.6) is 0 Å². The molecule has 1 aliphatic heterocycles. The van der Waals surface area contributed by atoms with Crippen molar-refractivity contribution in [2.24, 2.45) is 0 Å². The highest BCUT2D eigenvalue weighted by atomic mass is 35.5. The molecule has 2 N–H and O–H groups in total. The molecule has 2 atom stereocenters. The van der Waals surface area contributed by atoms with E-state index in [2.05, 4.69) is 9.80 Å². The second-order valence-electron chi connectivity index (χ2n) is 8.19. The number of benzene rings is 2. The van der Waals surface area contributed by atoms with Crippen LogP contribution in [0.15, 0.2) is 48.5 Å². The van der Waals surface area contributed by atoms with Gasteiger partial charge in [0.15, 0.2) is 0 Å². The summed E-state index contributed by atoms with van der Waals surface area (Å²) in [6.07, 6.45) is -1.05. The van der Waals surface area contributed by atoms with Crippen LogP contribution in [0, 0.1) is 0 Å². The van der Waals surface area contributed by atoms with E-state index in [9.17, 15) is 10.2 Å². The summed E-state index contributed by atoms with van der Waals surface area (Å²) in [7, 11) is 0. The Morgan fingerprint density at radius 1 is 0.656 bits per heavy atom. The maximum Gasteiger partial charge on any atom is 0.0900 e. The van der Waals surface area contributed by atoms with Crippen LogP contribution < -0.4 is 0 Å². The van der Waals surface area contributed by atoms with Gasteiger partial charge in [-0.25, -0.2) is 0 Å². The monoisotopic (exact) mass is 482 g/mol. The van der Waals surface area contributed by atoms with E-state index in [0.29, 0.717) is 49.6 Å². The lowest BCUT2D eigenvalue weighted by atomic mass is 10.2. The normalized spacial score (nSPS) is 17.4. The van der Waals surface area contributed by atoms with Crippen molar-refractivity contribution in [2.45, 2.75) is 25.4 Å². The van der Waals surface area contributed by atoms with Gasteiger partial charge in [-0.15, -0.1) is 0 Å². The first-order valence-corrected chi connectivity index (χ1v) is 11.7. The van der Waals surface area contributed by atoms with Crippen molar-refractivity contribution >= 4 is 23.2 Å². The molecule has 2 aromatic rings. The number of ether oxygens (including phenoxy) is 2. The van der Waals surface area contributed by atoms with E-state index in [1.807, 2.05) is 48.5 Å². The topological polar surface area (TPSA) is 65.4 Å². The molecular formula is C24H32Cl2N2O4. The lowest BCUT2D eigenvalue weighted by Gasteiger charge is -2.36. The Morgan fingerprint density at radius 3 is 1.34 bits per heavy atom. The van der Waals surface area contributed by atoms with Crippen molar-refractivity contribution < 1.29 is 19.7 Å². The Hall–Kier alpha value is -1.22. The maximum absolute atomic E-state index is 10.3. The average Bonchev–Trinajstić information content (AvgIpc) is 2.78. The second kappa shape index (κ2) is 13.5. The van der Waals surface area contributed by atoms with Crippen molar-refractivity contribution in [2.75, 3.05) is 52.5 Å². The van der Waals surface area contributed by atoms with Crippen LogP contribution in [-0.2, 0) is 22.7 Å². The molecule has 3 rings (SSSR count). The lowest BCUT2D eigenvalue weighted by molar-refractivity contribution is -0.0135. The molecule has 32 heavy (non-hydrogen) atoms. The summed E-state index contributed by atoms with van der Waals surface area (Å²) in [5.41, 5.74) is 2.07. The van der Waals surface area contributed by atoms with Crippen molar-refractivity contribution in [3.8, 4) is 0 Å². The predicted molar refractivity (Wildman–Crippen MR) is 127 cm³/mol. The van der Waals surface area contributed by atoms with Gasteiger partial charge in [0.2, 0.25) is 0 Å².